The summed E-state index contributed by atoms with van der Waals surface area (Å²) < 4.78 is 13.0. The second kappa shape index (κ2) is 9.53. The first-order valence-corrected chi connectivity index (χ1v) is 10.6. The molecule has 7 nitrogen and oxygen atoms in total. The van der Waals surface area contributed by atoms with Gasteiger partial charge >= 0.3 is 0 Å². The number of benzene rings is 2. The highest BCUT2D eigenvalue weighted by molar-refractivity contribution is 8.00. The zero-order chi connectivity index (χ0) is 21.6. The van der Waals surface area contributed by atoms with Crippen molar-refractivity contribution in [3.8, 4) is 17.1 Å². The Morgan fingerprint density at radius 1 is 1.10 bits per heavy atom. The van der Waals surface area contributed by atoms with Crippen LogP contribution >= 0.6 is 11.8 Å². The second-order valence-corrected chi connectivity index (χ2v) is 8.10. The zero-order valence-electron chi connectivity index (χ0n) is 17.2. The van der Waals surface area contributed by atoms with E-state index in [1.165, 1.54) is 11.8 Å². The molecule has 31 heavy (non-hydrogen) atoms. The van der Waals surface area contributed by atoms with Crippen molar-refractivity contribution < 1.29 is 13.9 Å². The van der Waals surface area contributed by atoms with Crippen LogP contribution in [0, 0.1) is 0 Å². The topological polar surface area (TPSA) is 82.2 Å². The monoisotopic (exact) mass is 434 g/mol. The molecule has 0 aliphatic rings. The lowest BCUT2D eigenvalue weighted by molar-refractivity contribution is -0.115. The lowest BCUT2D eigenvalue weighted by atomic mass is 10.2. The Morgan fingerprint density at radius 3 is 2.61 bits per heavy atom. The lowest BCUT2D eigenvalue weighted by Crippen LogP contribution is -2.23. The molecular formula is C23H22N4O3S. The molecule has 2 heterocycles. The van der Waals surface area contributed by atoms with Crippen molar-refractivity contribution in [2.24, 2.45) is 0 Å². The number of furan rings is 1. The van der Waals surface area contributed by atoms with Gasteiger partial charge in [0.15, 0.2) is 11.0 Å². The van der Waals surface area contributed by atoms with Crippen LogP contribution in [0.25, 0.3) is 11.4 Å². The summed E-state index contributed by atoms with van der Waals surface area (Å²) in [6, 6.07) is 20.8. The highest BCUT2D eigenvalue weighted by atomic mass is 32.2. The van der Waals surface area contributed by atoms with E-state index in [1.807, 2.05) is 78.2 Å². The Morgan fingerprint density at radius 2 is 1.87 bits per heavy atom. The number of carbonyl (C=O) groups excluding carboxylic acids is 1. The van der Waals surface area contributed by atoms with Crippen LogP contribution < -0.4 is 10.1 Å². The number of carbonyl (C=O) groups is 1. The highest BCUT2D eigenvalue weighted by Crippen LogP contribution is 2.32. The van der Waals surface area contributed by atoms with Crippen molar-refractivity contribution in [3.63, 3.8) is 0 Å². The fraction of sp³-hybridized carbons (Fsp3) is 0.174. The number of para-hydroxylation sites is 2. The first kappa shape index (κ1) is 20.7. The van der Waals surface area contributed by atoms with Crippen molar-refractivity contribution >= 4 is 23.4 Å². The van der Waals surface area contributed by atoms with Gasteiger partial charge in [-0.3, -0.25) is 9.36 Å². The molecule has 0 saturated carbocycles. The molecule has 0 bridgehead atoms. The third-order valence-corrected chi connectivity index (χ3v) is 5.73. The number of thioether (sulfide) groups is 1. The average Bonchev–Trinajstić information content (AvgIpc) is 3.45. The molecule has 0 saturated heterocycles. The average molecular weight is 435 g/mol. The maximum absolute atomic E-state index is 12.7. The molecule has 0 aliphatic heterocycles. The van der Waals surface area contributed by atoms with Crippen LogP contribution in [-0.2, 0) is 11.3 Å². The Balaban J connectivity index is 1.62. The van der Waals surface area contributed by atoms with Crippen molar-refractivity contribution in [1.82, 2.24) is 14.8 Å². The molecule has 158 valence electrons. The van der Waals surface area contributed by atoms with E-state index in [4.69, 9.17) is 9.15 Å². The number of hydrogen-bond acceptors (Lipinski definition) is 6. The molecule has 1 unspecified atom stereocenters. The van der Waals surface area contributed by atoms with Gasteiger partial charge in [0.2, 0.25) is 5.91 Å². The van der Waals surface area contributed by atoms with Crippen LogP contribution in [0.15, 0.2) is 82.6 Å². The maximum Gasteiger partial charge on any atom is 0.237 e. The molecule has 2 aromatic carbocycles. The number of aromatic nitrogens is 3. The van der Waals surface area contributed by atoms with Crippen molar-refractivity contribution in [3.05, 3.63) is 78.8 Å². The number of amides is 1. The SMILES string of the molecule is COc1ccccc1-c1nnc(SC(C)C(=O)Nc2ccccc2)n1Cc1ccco1. The van der Waals surface area contributed by atoms with Gasteiger partial charge < -0.3 is 14.5 Å². The summed E-state index contributed by atoms with van der Waals surface area (Å²) >= 11 is 1.34. The number of hydrogen-bond donors (Lipinski definition) is 1. The fourth-order valence-corrected chi connectivity index (χ4v) is 3.93. The Bertz CT molecular complexity index is 1140. The molecule has 1 atom stereocenters. The van der Waals surface area contributed by atoms with E-state index in [2.05, 4.69) is 15.5 Å². The van der Waals surface area contributed by atoms with Gasteiger partial charge in [0.25, 0.3) is 0 Å². The van der Waals surface area contributed by atoms with Gasteiger partial charge in [-0.2, -0.15) is 0 Å². The smallest absolute Gasteiger partial charge is 0.237 e. The lowest BCUT2D eigenvalue weighted by Gasteiger charge is -2.14. The summed E-state index contributed by atoms with van der Waals surface area (Å²) in [6.07, 6.45) is 1.63. The summed E-state index contributed by atoms with van der Waals surface area (Å²) in [5.74, 6) is 2.00. The predicted octanol–water partition coefficient (Wildman–Crippen LogP) is 4.71. The summed E-state index contributed by atoms with van der Waals surface area (Å²) in [5.41, 5.74) is 1.57. The number of nitrogens with zero attached hydrogens (tertiary/aromatic N) is 3. The van der Waals surface area contributed by atoms with Crippen LogP contribution in [0.3, 0.4) is 0 Å². The van der Waals surface area contributed by atoms with Crippen molar-refractivity contribution in [2.75, 3.05) is 12.4 Å². The molecule has 0 spiro atoms. The number of anilines is 1. The first-order chi connectivity index (χ1) is 15.2. The van der Waals surface area contributed by atoms with Crippen LogP contribution in [0.2, 0.25) is 0 Å². The van der Waals surface area contributed by atoms with Crippen molar-refractivity contribution in [2.45, 2.75) is 23.9 Å². The van der Waals surface area contributed by atoms with E-state index in [1.54, 1.807) is 13.4 Å². The number of rotatable bonds is 8. The van der Waals surface area contributed by atoms with Crippen LogP contribution in [0.1, 0.15) is 12.7 Å². The van der Waals surface area contributed by atoms with Gasteiger partial charge in [-0.05, 0) is 43.3 Å². The summed E-state index contributed by atoms with van der Waals surface area (Å²) in [4.78, 5) is 12.7. The van der Waals surface area contributed by atoms with Crippen molar-refractivity contribution in [1.29, 1.82) is 0 Å². The number of ether oxygens (including phenoxy) is 1. The molecule has 0 aliphatic carbocycles. The second-order valence-electron chi connectivity index (χ2n) is 6.79. The van der Waals surface area contributed by atoms with Gasteiger partial charge in [-0.25, -0.2) is 0 Å². The molecule has 4 rings (SSSR count). The molecule has 2 aromatic heterocycles. The standard InChI is InChI=1S/C23H22N4O3S/c1-16(22(28)24-17-9-4-3-5-10-17)31-23-26-25-21(19-12-6-7-13-20(19)29-2)27(23)15-18-11-8-14-30-18/h3-14,16H,15H2,1-2H3,(H,24,28). The molecule has 0 fully saturated rings. The van der Waals surface area contributed by atoms with Crippen LogP contribution in [0.5, 0.6) is 5.75 Å². The normalized spacial score (nSPS) is 11.8. The van der Waals surface area contributed by atoms with Gasteiger partial charge in [0.1, 0.15) is 11.5 Å². The molecule has 1 amide bonds. The van der Waals surface area contributed by atoms with E-state index in [0.29, 0.717) is 23.3 Å². The minimum absolute atomic E-state index is 0.109. The number of nitrogens with one attached hydrogen (secondary N) is 1. The van der Waals surface area contributed by atoms with E-state index >= 15 is 0 Å². The third kappa shape index (κ3) is 4.80. The largest absolute Gasteiger partial charge is 0.496 e. The molecule has 8 heteroatoms. The Hall–Kier alpha value is -3.52. The van der Waals surface area contributed by atoms with E-state index < -0.39 is 0 Å². The molecular weight excluding hydrogens is 412 g/mol. The minimum atomic E-state index is -0.384. The molecule has 0 radical (unpaired) electrons. The molecule has 4 aromatic rings. The minimum Gasteiger partial charge on any atom is -0.496 e. The van der Waals surface area contributed by atoms with Crippen LogP contribution in [-0.4, -0.2) is 33.0 Å². The van der Waals surface area contributed by atoms with Gasteiger partial charge in [-0.1, -0.05) is 42.1 Å². The van der Waals surface area contributed by atoms with Gasteiger partial charge in [-0.15, -0.1) is 10.2 Å². The quantitative estimate of drug-likeness (QED) is 0.404. The fourth-order valence-electron chi connectivity index (χ4n) is 3.08. The first-order valence-electron chi connectivity index (χ1n) is 9.77. The van der Waals surface area contributed by atoms with E-state index in [-0.39, 0.29) is 11.2 Å². The predicted molar refractivity (Wildman–Crippen MR) is 120 cm³/mol. The highest BCUT2D eigenvalue weighted by Gasteiger charge is 2.23. The number of methoxy groups -OCH3 is 1. The van der Waals surface area contributed by atoms with E-state index in [9.17, 15) is 4.79 Å². The summed E-state index contributed by atoms with van der Waals surface area (Å²) in [7, 11) is 1.62. The zero-order valence-corrected chi connectivity index (χ0v) is 18.0. The van der Waals surface area contributed by atoms with Gasteiger partial charge in [0.05, 0.1) is 30.7 Å². The Labute approximate surface area is 184 Å². The molecule has 1 N–H and O–H groups in total. The Kier molecular flexibility index (Phi) is 6.37. The third-order valence-electron chi connectivity index (χ3n) is 4.65. The maximum atomic E-state index is 12.7. The van der Waals surface area contributed by atoms with Crippen LogP contribution in [0.4, 0.5) is 5.69 Å². The summed E-state index contributed by atoms with van der Waals surface area (Å²) in [5, 5.41) is 11.9. The van der Waals surface area contributed by atoms with Gasteiger partial charge in [0, 0.05) is 5.69 Å². The van der Waals surface area contributed by atoms with E-state index in [0.717, 1.165) is 17.0 Å². The summed E-state index contributed by atoms with van der Waals surface area (Å²) in [6.45, 7) is 2.28.